The highest BCUT2D eigenvalue weighted by atomic mass is 32.1. The van der Waals surface area contributed by atoms with Gasteiger partial charge in [-0.05, 0) is 35.1 Å². The maximum atomic E-state index is 14.7. The minimum atomic E-state index is -0.0928. The molecule has 8 rings (SSSR count). The van der Waals surface area contributed by atoms with Crippen molar-refractivity contribution in [3.8, 4) is 43.9 Å². The first-order valence-electron chi connectivity index (χ1n) is 18.7. The van der Waals surface area contributed by atoms with Crippen LogP contribution in [-0.4, -0.2) is 61.1 Å². The Kier molecular flexibility index (Phi) is 10.1. The van der Waals surface area contributed by atoms with Gasteiger partial charge in [0.1, 0.15) is 26.4 Å². The van der Waals surface area contributed by atoms with Crippen LogP contribution in [0.15, 0.2) is 70.4 Å². The first-order valence-corrected chi connectivity index (χ1v) is 20.4. The van der Waals surface area contributed by atoms with E-state index < -0.39 is 0 Å². The van der Waals surface area contributed by atoms with Crippen LogP contribution in [0.1, 0.15) is 76.3 Å². The molecule has 2 aromatic heterocycles. The fraction of sp³-hybridized carbons (Fsp3) is 0.381. The third-order valence-electron chi connectivity index (χ3n) is 10.1. The number of amides is 2. The van der Waals surface area contributed by atoms with Gasteiger partial charge < -0.3 is 28.7 Å². The number of carbonyl (C=O) groups is 2. The number of unbranched alkanes of at least 4 members (excludes halogenated alkanes) is 6. The number of thiophene rings is 2. The molecule has 2 aromatic carbocycles. The minimum absolute atomic E-state index is 0.0928. The molecule has 52 heavy (non-hydrogen) atoms. The lowest BCUT2D eigenvalue weighted by atomic mass is 10.00. The standard InChI is InChI=1S/C42H44N2O6S2/c1-3-5-7-9-19-43-35(27-11-15-29(16-12-27)39-37-31(25-51-39)47-21-23-49-37)33-34(41(43)45)36(44(42(33)46)20-10-8-6-4-2)28-13-17-30(18-14-28)40-38-32(26-52-40)48-22-24-50-38/h11-18,25-26H,3-10,19-24H2,1-2H3. The molecule has 0 saturated carbocycles. The summed E-state index contributed by atoms with van der Waals surface area (Å²) in [4.78, 5) is 35.2. The van der Waals surface area contributed by atoms with Crippen molar-refractivity contribution >= 4 is 45.9 Å². The molecule has 8 nitrogen and oxygen atoms in total. The SMILES string of the molecule is CCCCCCN1C(=O)C2=C(c3ccc(-c4scc5c4OCCO5)cc3)N(CCCCCC)C(=O)C2=C1c1ccc(-c2scc3c2OCCO3)cc1. The Morgan fingerprint density at radius 3 is 1.31 bits per heavy atom. The van der Waals surface area contributed by atoms with Crippen LogP contribution >= 0.6 is 22.7 Å². The van der Waals surface area contributed by atoms with Gasteiger partial charge in [-0.1, -0.05) is 101 Å². The third kappa shape index (κ3) is 6.30. The molecule has 0 atom stereocenters. The quantitative estimate of drug-likeness (QED) is 0.120. The second kappa shape index (κ2) is 15.2. The zero-order chi connectivity index (χ0) is 35.6. The van der Waals surface area contributed by atoms with Gasteiger partial charge in [0.25, 0.3) is 11.8 Å². The molecule has 0 fully saturated rings. The largest absolute Gasteiger partial charge is 0.485 e. The maximum Gasteiger partial charge on any atom is 0.261 e. The zero-order valence-corrected chi connectivity index (χ0v) is 31.5. The van der Waals surface area contributed by atoms with E-state index in [1.54, 1.807) is 22.7 Å². The van der Waals surface area contributed by atoms with Crippen LogP contribution in [-0.2, 0) is 9.59 Å². The summed E-state index contributed by atoms with van der Waals surface area (Å²) in [7, 11) is 0. The molecular weight excluding hydrogens is 693 g/mol. The molecule has 0 bridgehead atoms. The second-order valence-corrected chi connectivity index (χ2v) is 15.3. The molecule has 0 N–H and O–H groups in total. The van der Waals surface area contributed by atoms with Crippen LogP contribution in [0.3, 0.4) is 0 Å². The van der Waals surface area contributed by atoms with Crippen LogP contribution in [0, 0.1) is 0 Å². The Balaban J connectivity index is 1.20. The number of carbonyl (C=O) groups excluding carboxylic acids is 2. The van der Waals surface area contributed by atoms with Crippen LogP contribution < -0.4 is 18.9 Å². The van der Waals surface area contributed by atoms with Gasteiger partial charge in [0, 0.05) is 23.8 Å². The smallest absolute Gasteiger partial charge is 0.261 e. The number of nitrogens with zero attached hydrogens (tertiary/aromatic N) is 2. The van der Waals surface area contributed by atoms with E-state index in [0.29, 0.717) is 62.1 Å². The molecule has 4 aromatic rings. The van der Waals surface area contributed by atoms with Crippen molar-refractivity contribution in [2.45, 2.75) is 65.2 Å². The third-order valence-corrected chi connectivity index (χ3v) is 12.1. The number of benzene rings is 2. The number of hydrogen-bond donors (Lipinski definition) is 0. The van der Waals surface area contributed by atoms with Crippen LogP contribution in [0.2, 0.25) is 0 Å². The van der Waals surface area contributed by atoms with E-state index >= 15 is 0 Å². The summed E-state index contributed by atoms with van der Waals surface area (Å²) in [6.45, 7) is 7.65. The molecule has 4 aliphatic heterocycles. The summed E-state index contributed by atoms with van der Waals surface area (Å²) in [5, 5.41) is 3.98. The van der Waals surface area contributed by atoms with Gasteiger partial charge in [0.15, 0.2) is 23.0 Å². The van der Waals surface area contributed by atoms with Gasteiger partial charge in [-0.3, -0.25) is 9.59 Å². The molecule has 0 unspecified atom stereocenters. The number of hydrogen-bond acceptors (Lipinski definition) is 8. The van der Waals surface area contributed by atoms with E-state index in [2.05, 4.69) is 38.1 Å². The fourth-order valence-electron chi connectivity index (χ4n) is 7.50. The van der Waals surface area contributed by atoms with Crippen LogP contribution in [0.5, 0.6) is 23.0 Å². The van der Waals surface area contributed by atoms with E-state index in [9.17, 15) is 9.59 Å². The molecule has 0 aliphatic carbocycles. The maximum absolute atomic E-state index is 14.7. The predicted molar refractivity (Wildman–Crippen MR) is 207 cm³/mol. The Labute approximate surface area is 313 Å². The highest BCUT2D eigenvalue weighted by molar-refractivity contribution is 7.14. The summed E-state index contributed by atoms with van der Waals surface area (Å²) in [5.74, 6) is 2.94. The molecule has 4 aliphatic rings. The molecule has 6 heterocycles. The first kappa shape index (κ1) is 34.5. The summed E-state index contributed by atoms with van der Waals surface area (Å²) in [5.41, 5.74) is 6.22. The van der Waals surface area contributed by atoms with Crippen molar-refractivity contribution in [3.63, 3.8) is 0 Å². The molecule has 0 spiro atoms. The lowest BCUT2D eigenvalue weighted by Gasteiger charge is -2.25. The summed E-state index contributed by atoms with van der Waals surface area (Å²) in [6, 6.07) is 16.4. The van der Waals surface area contributed by atoms with Gasteiger partial charge in [-0.15, -0.1) is 22.7 Å². The molecular formula is C42H44N2O6S2. The molecule has 0 saturated heterocycles. The normalized spacial score (nSPS) is 16.4. The van der Waals surface area contributed by atoms with E-state index in [1.807, 2.05) is 44.8 Å². The van der Waals surface area contributed by atoms with Crippen molar-refractivity contribution in [1.29, 1.82) is 0 Å². The van der Waals surface area contributed by atoms with Gasteiger partial charge in [-0.2, -0.15) is 0 Å². The predicted octanol–water partition coefficient (Wildman–Crippen LogP) is 9.65. The molecule has 2 amide bonds. The van der Waals surface area contributed by atoms with Crippen molar-refractivity contribution in [3.05, 3.63) is 81.6 Å². The van der Waals surface area contributed by atoms with Crippen LogP contribution in [0.4, 0.5) is 0 Å². The van der Waals surface area contributed by atoms with Crippen LogP contribution in [0.25, 0.3) is 32.3 Å². The number of fused-ring (bicyclic) bond motifs is 3. The fourth-order valence-corrected chi connectivity index (χ4v) is 9.38. The number of rotatable bonds is 14. The van der Waals surface area contributed by atoms with E-state index in [1.165, 1.54) is 0 Å². The molecule has 10 heteroatoms. The van der Waals surface area contributed by atoms with Gasteiger partial charge in [-0.25, -0.2) is 0 Å². The second-order valence-electron chi connectivity index (χ2n) is 13.5. The van der Waals surface area contributed by atoms with E-state index in [4.69, 9.17) is 18.9 Å². The Bertz CT molecular complexity index is 1880. The Morgan fingerprint density at radius 1 is 0.519 bits per heavy atom. The highest BCUT2D eigenvalue weighted by Gasteiger charge is 2.48. The summed E-state index contributed by atoms with van der Waals surface area (Å²) >= 11 is 3.20. The zero-order valence-electron chi connectivity index (χ0n) is 29.8. The lowest BCUT2D eigenvalue weighted by molar-refractivity contribution is -0.124. The van der Waals surface area contributed by atoms with Gasteiger partial charge in [0.05, 0.1) is 32.3 Å². The average molecular weight is 737 g/mol. The van der Waals surface area contributed by atoms with Gasteiger partial charge >= 0.3 is 0 Å². The van der Waals surface area contributed by atoms with Crippen molar-refractivity contribution in [2.75, 3.05) is 39.5 Å². The summed E-state index contributed by atoms with van der Waals surface area (Å²) < 4.78 is 23.5. The highest BCUT2D eigenvalue weighted by Crippen LogP contribution is 2.50. The van der Waals surface area contributed by atoms with E-state index in [-0.39, 0.29) is 11.8 Å². The topological polar surface area (TPSA) is 77.5 Å². The number of ether oxygens (including phenoxy) is 4. The molecule has 0 radical (unpaired) electrons. The minimum Gasteiger partial charge on any atom is -0.485 e. The monoisotopic (exact) mass is 736 g/mol. The van der Waals surface area contributed by atoms with Gasteiger partial charge in [0.2, 0.25) is 0 Å². The summed E-state index contributed by atoms with van der Waals surface area (Å²) in [6.07, 6.45) is 8.22. The van der Waals surface area contributed by atoms with Crippen molar-refractivity contribution in [1.82, 2.24) is 9.80 Å². The van der Waals surface area contributed by atoms with Crippen molar-refractivity contribution in [2.24, 2.45) is 0 Å². The van der Waals surface area contributed by atoms with Crippen molar-refractivity contribution < 1.29 is 28.5 Å². The Hall–Kier alpha value is -4.54. The van der Waals surface area contributed by atoms with E-state index in [0.717, 1.165) is 106 Å². The Morgan fingerprint density at radius 2 is 0.904 bits per heavy atom. The molecule has 270 valence electrons. The average Bonchev–Trinajstić information content (AvgIpc) is 3.94. The lowest BCUT2D eigenvalue weighted by Crippen LogP contribution is -2.31. The first-order chi connectivity index (χ1) is 25.6.